The molecule has 1 atom stereocenters. The lowest BCUT2D eigenvalue weighted by atomic mass is 10.2. The minimum Gasteiger partial charge on any atom is -0.496 e. The number of amides is 2. The number of aliphatic carboxylic acids is 1. The molecule has 1 fully saturated rings. The minimum atomic E-state index is -0.975. The molecule has 1 saturated carbocycles. The van der Waals surface area contributed by atoms with Gasteiger partial charge in [0.15, 0.2) is 0 Å². The second kappa shape index (κ2) is 6.47. The molecule has 0 bridgehead atoms. The number of hydrogen-bond donors (Lipinski definition) is 2. The Morgan fingerprint density at radius 3 is 2.67 bits per heavy atom. The first-order valence-electron chi connectivity index (χ1n) is 6.89. The Labute approximate surface area is 123 Å². The summed E-state index contributed by atoms with van der Waals surface area (Å²) in [6.07, 6.45) is 1.71. The van der Waals surface area contributed by atoms with Crippen LogP contribution in [0.3, 0.4) is 0 Å². The van der Waals surface area contributed by atoms with Gasteiger partial charge in [0.1, 0.15) is 11.8 Å². The van der Waals surface area contributed by atoms with Gasteiger partial charge in [-0.15, -0.1) is 0 Å². The molecule has 0 saturated heterocycles. The number of nitrogens with one attached hydrogen (secondary N) is 1. The van der Waals surface area contributed by atoms with Gasteiger partial charge in [-0.25, -0.2) is 9.59 Å². The van der Waals surface area contributed by atoms with E-state index >= 15 is 0 Å². The molecule has 21 heavy (non-hydrogen) atoms. The number of carboxylic acid groups (broad SMARTS) is 1. The van der Waals surface area contributed by atoms with E-state index in [2.05, 4.69) is 5.32 Å². The van der Waals surface area contributed by atoms with Gasteiger partial charge in [-0.05, 0) is 24.8 Å². The number of carbonyl (C=O) groups excluding carboxylic acids is 1. The van der Waals surface area contributed by atoms with E-state index in [-0.39, 0.29) is 11.9 Å². The summed E-state index contributed by atoms with van der Waals surface area (Å²) in [6.45, 7) is 0.354. The lowest BCUT2D eigenvalue weighted by molar-refractivity contribution is -0.139. The van der Waals surface area contributed by atoms with Gasteiger partial charge in [0.05, 0.1) is 13.7 Å². The third-order valence-electron chi connectivity index (χ3n) is 3.59. The van der Waals surface area contributed by atoms with E-state index in [1.54, 1.807) is 14.2 Å². The first kappa shape index (κ1) is 15.2. The van der Waals surface area contributed by atoms with Gasteiger partial charge in [-0.2, -0.15) is 0 Å². The van der Waals surface area contributed by atoms with Gasteiger partial charge in [0, 0.05) is 12.6 Å². The highest BCUT2D eigenvalue weighted by Gasteiger charge is 2.37. The van der Waals surface area contributed by atoms with Gasteiger partial charge < -0.3 is 20.1 Å². The van der Waals surface area contributed by atoms with Crippen LogP contribution in [-0.2, 0) is 11.3 Å². The lowest BCUT2D eigenvalue weighted by Crippen LogP contribution is -2.47. The number of urea groups is 1. The summed E-state index contributed by atoms with van der Waals surface area (Å²) in [6, 6.07) is 6.24. The van der Waals surface area contributed by atoms with Crippen molar-refractivity contribution in [3.8, 4) is 5.75 Å². The fraction of sp³-hybridized carbons (Fsp3) is 0.467. The maximum atomic E-state index is 12.1. The zero-order valence-corrected chi connectivity index (χ0v) is 12.2. The molecule has 2 rings (SSSR count). The van der Waals surface area contributed by atoms with Crippen LogP contribution < -0.4 is 10.1 Å². The van der Waals surface area contributed by atoms with Crippen molar-refractivity contribution in [2.45, 2.75) is 25.4 Å². The zero-order valence-electron chi connectivity index (χ0n) is 12.2. The van der Waals surface area contributed by atoms with Crippen LogP contribution in [0.2, 0.25) is 0 Å². The van der Waals surface area contributed by atoms with Crippen LogP contribution in [-0.4, -0.2) is 42.2 Å². The Bertz CT molecular complexity index is 528. The van der Waals surface area contributed by atoms with Crippen LogP contribution in [0.4, 0.5) is 4.79 Å². The first-order valence-corrected chi connectivity index (χ1v) is 6.89. The molecule has 0 aromatic heterocycles. The van der Waals surface area contributed by atoms with E-state index in [1.807, 2.05) is 24.3 Å². The lowest BCUT2D eigenvalue weighted by Gasteiger charge is -2.22. The number of rotatable bonds is 6. The zero-order chi connectivity index (χ0) is 15.4. The van der Waals surface area contributed by atoms with Crippen molar-refractivity contribution < 1.29 is 19.4 Å². The average Bonchev–Trinajstić information content (AvgIpc) is 3.29. The highest BCUT2D eigenvalue weighted by molar-refractivity contribution is 5.83. The van der Waals surface area contributed by atoms with E-state index in [0.717, 1.165) is 18.4 Å². The van der Waals surface area contributed by atoms with Crippen LogP contribution in [0.1, 0.15) is 18.4 Å². The average molecular weight is 292 g/mol. The van der Waals surface area contributed by atoms with Crippen molar-refractivity contribution in [1.82, 2.24) is 10.2 Å². The summed E-state index contributed by atoms with van der Waals surface area (Å²) >= 11 is 0. The number of carbonyl (C=O) groups is 2. The highest BCUT2D eigenvalue weighted by atomic mass is 16.5. The van der Waals surface area contributed by atoms with E-state index in [4.69, 9.17) is 9.84 Å². The van der Waals surface area contributed by atoms with E-state index in [1.165, 1.54) is 4.90 Å². The van der Waals surface area contributed by atoms with Crippen LogP contribution in [0.5, 0.6) is 5.75 Å². The summed E-state index contributed by atoms with van der Waals surface area (Å²) in [5, 5.41) is 11.7. The second-order valence-electron chi connectivity index (χ2n) is 5.27. The monoisotopic (exact) mass is 292 g/mol. The Balaban J connectivity index is 1.97. The number of para-hydroxylation sites is 1. The highest BCUT2D eigenvalue weighted by Crippen LogP contribution is 2.32. The fourth-order valence-electron chi connectivity index (χ4n) is 2.21. The van der Waals surface area contributed by atoms with Gasteiger partial charge in [0.2, 0.25) is 0 Å². The molecule has 1 aromatic rings. The predicted molar refractivity (Wildman–Crippen MR) is 77.1 cm³/mol. The normalized spacial score (nSPS) is 15.1. The quantitative estimate of drug-likeness (QED) is 0.836. The molecule has 0 spiro atoms. The summed E-state index contributed by atoms with van der Waals surface area (Å²) < 4.78 is 5.24. The van der Waals surface area contributed by atoms with E-state index < -0.39 is 12.0 Å². The van der Waals surface area contributed by atoms with Crippen molar-refractivity contribution in [3.05, 3.63) is 29.8 Å². The van der Waals surface area contributed by atoms with Gasteiger partial charge in [-0.1, -0.05) is 18.2 Å². The summed E-state index contributed by atoms with van der Waals surface area (Å²) in [5.41, 5.74) is 0.871. The van der Waals surface area contributed by atoms with Crippen molar-refractivity contribution in [2.75, 3.05) is 14.2 Å². The van der Waals surface area contributed by atoms with Crippen LogP contribution in [0.15, 0.2) is 24.3 Å². The fourth-order valence-corrected chi connectivity index (χ4v) is 2.21. The molecule has 1 aliphatic rings. The van der Waals surface area contributed by atoms with Crippen LogP contribution in [0.25, 0.3) is 0 Å². The molecule has 6 heteroatoms. The number of benzene rings is 1. The molecular weight excluding hydrogens is 272 g/mol. The Morgan fingerprint density at radius 2 is 2.10 bits per heavy atom. The molecule has 2 amide bonds. The topological polar surface area (TPSA) is 78.9 Å². The smallest absolute Gasteiger partial charge is 0.326 e. The molecule has 0 aliphatic heterocycles. The Hall–Kier alpha value is -2.24. The molecule has 114 valence electrons. The molecule has 1 unspecified atom stereocenters. The maximum absolute atomic E-state index is 12.1. The molecule has 0 heterocycles. The van der Waals surface area contributed by atoms with E-state index in [0.29, 0.717) is 12.3 Å². The molecular formula is C15H20N2O4. The van der Waals surface area contributed by atoms with Crippen molar-refractivity contribution in [1.29, 1.82) is 0 Å². The maximum Gasteiger partial charge on any atom is 0.326 e. The molecule has 6 nitrogen and oxygen atoms in total. The van der Waals surface area contributed by atoms with Crippen LogP contribution >= 0.6 is 0 Å². The third kappa shape index (κ3) is 3.87. The van der Waals surface area contributed by atoms with Crippen LogP contribution in [0, 0.1) is 5.92 Å². The van der Waals surface area contributed by atoms with Crippen molar-refractivity contribution >= 4 is 12.0 Å². The standard InChI is InChI=1S/C15H20N2O4/c1-17(9-11-5-3-4-6-12(11)21-2)15(20)16-13(14(18)19)10-7-8-10/h3-6,10,13H,7-9H2,1-2H3,(H,16,20)(H,18,19). The van der Waals surface area contributed by atoms with Gasteiger partial charge >= 0.3 is 12.0 Å². The summed E-state index contributed by atoms with van der Waals surface area (Å²) in [7, 11) is 3.21. The predicted octanol–water partition coefficient (Wildman–Crippen LogP) is 1.70. The van der Waals surface area contributed by atoms with Crippen molar-refractivity contribution in [2.24, 2.45) is 5.92 Å². The number of hydrogen-bond acceptors (Lipinski definition) is 3. The van der Waals surface area contributed by atoms with E-state index in [9.17, 15) is 9.59 Å². The number of methoxy groups -OCH3 is 1. The largest absolute Gasteiger partial charge is 0.496 e. The molecule has 1 aliphatic carbocycles. The Kier molecular flexibility index (Phi) is 4.67. The number of ether oxygens (including phenoxy) is 1. The summed E-state index contributed by atoms with van der Waals surface area (Å²) in [4.78, 5) is 24.7. The second-order valence-corrected chi connectivity index (χ2v) is 5.27. The van der Waals surface area contributed by atoms with Crippen molar-refractivity contribution in [3.63, 3.8) is 0 Å². The third-order valence-corrected chi connectivity index (χ3v) is 3.59. The molecule has 2 N–H and O–H groups in total. The minimum absolute atomic E-state index is 0.0612. The first-order chi connectivity index (χ1) is 10.0. The Morgan fingerprint density at radius 1 is 1.43 bits per heavy atom. The molecule has 0 radical (unpaired) electrons. The number of nitrogens with zero attached hydrogens (tertiary/aromatic N) is 1. The van der Waals surface area contributed by atoms with Gasteiger partial charge in [0.25, 0.3) is 0 Å². The SMILES string of the molecule is COc1ccccc1CN(C)C(=O)NC(C(=O)O)C1CC1. The summed E-state index contributed by atoms with van der Waals surface area (Å²) in [5.74, 6) is -0.211. The molecule has 1 aromatic carbocycles. The van der Waals surface area contributed by atoms with Gasteiger partial charge in [-0.3, -0.25) is 0 Å². The number of carboxylic acids is 1.